The van der Waals surface area contributed by atoms with Gasteiger partial charge in [-0.3, -0.25) is 0 Å². The molecule has 3 aromatic rings. The maximum Gasteiger partial charge on any atom is 0.503 e. The average molecular weight is 458 g/mol. The van der Waals surface area contributed by atoms with Crippen molar-refractivity contribution in [2.24, 2.45) is 0 Å². The second-order valence-corrected chi connectivity index (χ2v) is 9.32. The summed E-state index contributed by atoms with van der Waals surface area (Å²) in [5.74, 6) is -0.367. The molecule has 0 spiro atoms. The zero-order valence-corrected chi connectivity index (χ0v) is 16.7. The van der Waals surface area contributed by atoms with Crippen LogP contribution in [-0.4, -0.2) is 36.0 Å². The van der Waals surface area contributed by atoms with Crippen molar-refractivity contribution in [3.63, 3.8) is 0 Å². The molecule has 0 amide bonds. The van der Waals surface area contributed by atoms with Crippen LogP contribution in [0.3, 0.4) is 0 Å². The Bertz CT molecular complexity index is 1110. The lowest BCUT2D eigenvalue weighted by Gasteiger charge is -2.04. The Morgan fingerprint density at radius 3 is 2.47 bits per heavy atom. The summed E-state index contributed by atoms with van der Waals surface area (Å²) in [6.45, 7) is 0. The minimum Gasteiger partial charge on any atom is -0.450 e. The molecule has 2 atom stereocenters. The fraction of sp³-hybridized carbons (Fsp3) is 0.222. The van der Waals surface area contributed by atoms with Crippen molar-refractivity contribution in [2.75, 3.05) is 0 Å². The van der Waals surface area contributed by atoms with E-state index in [-0.39, 0.29) is 21.9 Å². The van der Waals surface area contributed by atoms with E-state index in [0.717, 1.165) is 29.4 Å². The summed E-state index contributed by atoms with van der Waals surface area (Å²) in [6.07, 6.45) is -3.84. The molecule has 0 bridgehead atoms. The molecule has 0 saturated heterocycles. The number of nitrogens with zero attached hydrogens (tertiary/aromatic N) is 1. The topological polar surface area (TPSA) is 130 Å². The van der Waals surface area contributed by atoms with Crippen LogP contribution in [0.5, 0.6) is 0 Å². The van der Waals surface area contributed by atoms with Gasteiger partial charge in [-0.25, -0.2) is 26.7 Å². The zero-order valence-electron chi connectivity index (χ0n) is 15.1. The lowest BCUT2D eigenvalue weighted by Crippen LogP contribution is -2.26. The molecular formula is C18H16F2N2O6S2. The third-order valence-electron chi connectivity index (χ3n) is 4.17. The Hall–Kier alpha value is -2.83. The Kier molecular flexibility index (Phi) is 6.48. The Labute approximate surface area is 173 Å². The molecule has 0 unspecified atom stereocenters. The highest BCUT2D eigenvalue weighted by Gasteiger charge is 2.41. The molecule has 1 fully saturated rings. The first-order chi connectivity index (χ1) is 14.2. The van der Waals surface area contributed by atoms with Gasteiger partial charge < -0.3 is 14.7 Å². The molecule has 1 aromatic carbocycles. The minimum absolute atomic E-state index is 0.118. The highest BCUT2D eigenvalue weighted by atomic mass is 32.2. The number of benzene rings is 1. The summed E-state index contributed by atoms with van der Waals surface area (Å²) in [5.41, 5.74) is 1.30. The number of carbonyl (C=O) groups is 1. The van der Waals surface area contributed by atoms with E-state index in [9.17, 15) is 17.2 Å². The predicted molar refractivity (Wildman–Crippen MR) is 103 cm³/mol. The minimum atomic E-state index is -3.67. The lowest BCUT2D eigenvalue weighted by molar-refractivity contribution is 0.112. The van der Waals surface area contributed by atoms with Gasteiger partial charge in [-0.1, -0.05) is 35.5 Å². The second-order valence-electron chi connectivity index (χ2n) is 6.30. The maximum atomic E-state index is 12.6. The molecule has 30 heavy (non-hydrogen) atoms. The van der Waals surface area contributed by atoms with Crippen molar-refractivity contribution < 1.29 is 36.7 Å². The molecule has 4 rings (SSSR count). The van der Waals surface area contributed by atoms with Crippen LogP contribution in [0, 0.1) is 0 Å². The summed E-state index contributed by atoms with van der Waals surface area (Å²) >= 11 is 0.967. The van der Waals surface area contributed by atoms with E-state index in [4.69, 9.17) is 15.0 Å². The molecule has 2 aromatic heterocycles. The molecule has 12 heteroatoms. The number of hydrogen-bond acceptors (Lipinski definition) is 6. The van der Waals surface area contributed by atoms with Crippen molar-refractivity contribution in [3.05, 3.63) is 59.9 Å². The third kappa shape index (κ3) is 5.40. The van der Waals surface area contributed by atoms with Gasteiger partial charge in [0, 0.05) is 18.0 Å². The van der Waals surface area contributed by atoms with Crippen molar-refractivity contribution in [1.82, 2.24) is 9.88 Å². The van der Waals surface area contributed by atoms with E-state index < -0.39 is 28.4 Å². The normalized spacial score (nSPS) is 18.0. The SMILES string of the molecule is O=C(O)O.O=S(=O)(N[C@H]1C[C@@H]1c1ccccc1)c1ccc(-c2cc(C(F)F)on2)s1. The highest BCUT2D eigenvalue weighted by molar-refractivity contribution is 7.91. The van der Waals surface area contributed by atoms with Crippen LogP contribution in [0.1, 0.15) is 30.1 Å². The van der Waals surface area contributed by atoms with Crippen molar-refractivity contribution in [3.8, 4) is 10.6 Å². The van der Waals surface area contributed by atoms with E-state index >= 15 is 0 Å². The van der Waals surface area contributed by atoms with Crippen LogP contribution in [0.2, 0.25) is 0 Å². The van der Waals surface area contributed by atoms with Crippen molar-refractivity contribution in [1.29, 1.82) is 0 Å². The summed E-state index contributed by atoms with van der Waals surface area (Å²) in [7, 11) is -3.67. The number of alkyl halides is 2. The Balaban J connectivity index is 0.000000589. The standard InChI is InChI=1S/C17H14F2N2O3S2.CH2O3/c18-17(19)14-9-13(20-24-14)15-6-7-16(25-15)26(22,23)21-12-8-11(12)10-4-2-1-3-5-10;2-1(3)4/h1-7,9,11-12,17,21H,8H2;(H2,2,3,4)/t11-,12+;/m1./s1. The van der Waals surface area contributed by atoms with Gasteiger partial charge in [0.1, 0.15) is 9.90 Å². The molecule has 1 aliphatic carbocycles. The summed E-state index contributed by atoms with van der Waals surface area (Å²) < 4.78 is 57.6. The lowest BCUT2D eigenvalue weighted by atomic mass is 10.1. The number of sulfonamides is 1. The van der Waals surface area contributed by atoms with E-state index in [0.29, 0.717) is 4.88 Å². The Morgan fingerprint density at radius 1 is 1.20 bits per heavy atom. The van der Waals surface area contributed by atoms with Gasteiger partial charge in [0.05, 0.1) is 4.88 Å². The molecule has 1 saturated carbocycles. The summed E-state index contributed by atoms with van der Waals surface area (Å²) in [4.78, 5) is 9.01. The van der Waals surface area contributed by atoms with Crippen molar-refractivity contribution >= 4 is 27.5 Å². The monoisotopic (exact) mass is 458 g/mol. The van der Waals surface area contributed by atoms with Crippen LogP contribution >= 0.6 is 11.3 Å². The zero-order chi connectivity index (χ0) is 21.9. The van der Waals surface area contributed by atoms with Crippen LogP contribution in [0.25, 0.3) is 10.6 Å². The largest absolute Gasteiger partial charge is 0.503 e. The number of nitrogens with one attached hydrogen (secondary N) is 1. The van der Waals surface area contributed by atoms with Gasteiger partial charge >= 0.3 is 6.16 Å². The van der Waals surface area contributed by atoms with Gasteiger partial charge in [0.15, 0.2) is 0 Å². The van der Waals surface area contributed by atoms with E-state index in [1.54, 1.807) is 0 Å². The number of thiophene rings is 1. The summed E-state index contributed by atoms with van der Waals surface area (Å²) in [6, 6.07) is 13.7. The smallest absolute Gasteiger partial charge is 0.450 e. The number of aromatic nitrogens is 1. The highest BCUT2D eigenvalue weighted by Crippen LogP contribution is 2.42. The molecule has 3 N–H and O–H groups in total. The van der Waals surface area contributed by atoms with E-state index in [1.807, 2.05) is 30.3 Å². The van der Waals surface area contributed by atoms with Crippen LogP contribution < -0.4 is 4.72 Å². The summed E-state index contributed by atoms with van der Waals surface area (Å²) in [5, 5.41) is 17.5. The van der Waals surface area contributed by atoms with Crippen molar-refractivity contribution in [2.45, 2.75) is 29.0 Å². The van der Waals surface area contributed by atoms with Crippen LogP contribution in [0.15, 0.2) is 57.3 Å². The average Bonchev–Trinajstić information content (AvgIpc) is 3.10. The number of carboxylic acid groups (broad SMARTS) is 2. The maximum absolute atomic E-state index is 12.6. The molecular weight excluding hydrogens is 442 g/mol. The molecule has 1 aliphatic rings. The van der Waals surface area contributed by atoms with Gasteiger partial charge in [-0.2, -0.15) is 0 Å². The number of hydrogen-bond donors (Lipinski definition) is 3. The molecule has 2 heterocycles. The van der Waals surface area contributed by atoms with Gasteiger partial charge in [-0.15, -0.1) is 11.3 Å². The molecule has 8 nitrogen and oxygen atoms in total. The number of halogens is 2. The second kappa shape index (κ2) is 8.90. The quantitative estimate of drug-likeness (QED) is 0.499. The third-order valence-corrected chi connectivity index (χ3v) is 7.26. The van der Waals surface area contributed by atoms with E-state index in [2.05, 4.69) is 14.4 Å². The van der Waals surface area contributed by atoms with Crippen LogP contribution in [0.4, 0.5) is 13.6 Å². The first-order valence-electron chi connectivity index (χ1n) is 8.51. The van der Waals surface area contributed by atoms with Crippen LogP contribution in [-0.2, 0) is 10.0 Å². The molecule has 0 aliphatic heterocycles. The first-order valence-corrected chi connectivity index (χ1v) is 10.8. The van der Waals surface area contributed by atoms with Gasteiger partial charge in [0.25, 0.3) is 6.43 Å². The van der Waals surface area contributed by atoms with Gasteiger partial charge in [-0.05, 0) is 24.1 Å². The van der Waals surface area contributed by atoms with E-state index in [1.165, 1.54) is 12.1 Å². The number of rotatable bonds is 6. The molecule has 160 valence electrons. The first kappa shape index (κ1) is 21.9. The fourth-order valence-corrected chi connectivity index (χ4v) is 5.33. The fourth-order valence-electron chi connectivity index (χ4n) is 2.76. The van der Waals surface area contributed by atoms with Gasteiger partial charge in [0.2, 0.25) is 15.8 Å². The predicted octanol–water partition coefficient (Wildman–Crippen LogP) is 4.40. The Morgan fingerprint density at radius 2 is 1.87 bits per heavy atom. The molecule has 0 radical (unpaired) electrons.